The van der Waals surface area contributed by atoms with Gasteiger partial charge in [0.05, 0.1) is 16.4 Å². The molecule has 1 aliphatic heterocycles. The maximum absolute atomic E-state index is 12.8. The van der Waals surface area contributed by atoms with Crippen molar-refractivity contribution in [2.75, 3.05) is 4.90 Å². The van der Waals surface area contributed by atoms with Crippen LogP contribution in [0.5, 0.6) is 0 Å². The fourth-order valence-corrected chi connectivity index (χ4v) is 3.18. The summed E-state index contributed by atoms with van der Waals surface area (Å²) in [6, 6.07) is 11.2. The molecule has 0 bridgehead atoms. The van der Waals surface area contributed by atoms with Crippen molar-refractivity contribution < 1.29 is 9.59 Å². The Hall–Kier alpha value is -1.99. The predicted octanol–water partition coefficient (Wildman–Crippen LogP) is 4.41. The van der Waals surface area contributed by atoms with Crippen LogP contribution in [-0.4, -0.2) is 23.1 Å². The highest BCUT2D eigenvalue weighted by Gasteiger charge is 2.38. The number of amides is 2. The van der Waals surface area contributed by atoms with Gasteiger partial charge in [-0.25, -0.2) is 0 Å². The average Bonchev–Trinajstić information content (AvgIpc) is 2.57. The second-order valence-corrected chi connectivity index (χ2v) is 6.96. The summed E-state index contributed by atoms with van der Waals surface area (Å²) in [6.07, 6.45) is 1.23. The molecule has 5 nitrogen and oxygen atoms in total. The number of benzene rings is 2. The standard InChI is InChI=1S/C17H10Cl3N3O2S/c18-9-1-4-11(5-2-9)23-16(25)12(15(24)22-17(23)26)8-21-14-6-3-10(19)7-13(14)20/h1-8,12H,(H,22,24,26)/t12-/m0/s1. The quantitative estimate of drug-likeness (QED) is 0.449. The highest BCUT2D eigenvalue weighted by Crippen LogP contribution is 2.28. The monoisotopic (exact) mass is 425 g/mol. The van der Waals surface area contributed by atoms with E-state index in [1.54, 1.807) is 36.4 Å². The van der Waals surface area contributed by atoms with Gasteiger partial charge in [0.15, 0.2) is 11.0 Å². The van der Waals surface area contributed by atoms with Crippen molar-refractivity contribution in [3.63, 3.8) is 0 Å². The Morgan fingerprint density at radius 2 is 1.69 bits per heavy atom. The van der Waals surface area contributed by atoms with E-state index in [0.717, 1.165) is 0 Å². The Balaban J connectivity index is 1.90. The van der Waals surface area contributed by atoms with Gasteiger partial charge < -0.3 is 5.32 Å². The Morgan fingerprint density at radius 3 is 2.35 bits per heavy atom. The number of halogens is 3. The van der Waals surface area contributed by atoms with E-state index in [0.29, 0.717) is 26.4 Å². The van der Waals surface area contributed by atoms with Crippen LogP contribution in [0.25, 0.3) is 0 Å². The molecule has 2 aromatic rings. The number of anilines is 1. The zero-order valence-electron chi connectivity index (χ0n) is 12.9. The number of carbonyl (C=O) groups is 2. The molecule has 9 heteroatoms. The molecule has 1 N–H and O–H groups in total. The first-order valence-corrected chi connectivity index (χ1v) is 8.84. The molecular weight excluding hydrogens is 417 g/mol. The molecule has 3 rings (SSSR count). The number of hydrogen-bond acceptors (Lipinski definition) is 4. The molecule has 1 aliphatic rings. The normalized spacial score (nSPS) is 17.7. The van der Waals surface area contributed by atoms with Gasteiger partial charge in [0.25, 0.3) is 5.91 Å². The van der Waals surface area contributed by atoms with Crippen molar-refractivity contribution in [3.05, 3.63) is 57.5 Å². The minimum atomic E-state index is -1.15. The third kappa shape index (κ3) is 3.88. The molecule has 1 saturated heterocycles. The van der Waals surface area contributed by atoms with Crippen LogP contribution in [0.2, 0.25) is 15.1 Å². The summed E-state index contributed by atoms with van der Waals surface area (Å²) < 4.78 is 0. The van der Waals surface area contributed by atoms with Crippen molar-refractivity contribution in [3.8, 4) is 0 Å². The van der Waals surface area contributed by atoms with Gasteiger partial charge in [0.2, 0.25) is 5.91 Å². The second-order valence-electron chi connectivity index (χ2n) is 5.30. The summed E-state index contributed by atoms with van der Waals surface area (Å²) in [5.41, 5.74) is 0.884. The molecule has 2 amide bonds. The Morgan fingerprint density at radius 1 is 1.04 bits per heavy atom. The van der Waals surface area contributed by atoms with Gasteiger partial charge >= 0.3 is 0 Å². The van der Waals surface area contributed by atoms with E-state index in [9.17, 15) is 9.59 Å². The molecule has 26 heavy (non-hydrogen) atoms. The lowest BCUT2D eigenvalue weighted by Crippen LogP contribution is -2.58. The second kappa shape index (κ2) is 7.72. The number of thiocarbonyl (C=S) groups is 1. The first kappa shape index (κ1) is 18.8. The first-order chi connectivity index (χ1) is 12.4. The van der Waals surface area contributed by atoms with Crippen molar-refractivity contribution in [1.82, 2.24) is 5.32 Å². The molecule has 0 aliphatic carbocycles. The van der Waals surface area contributed by atoms with E-state index in [1.807, 2.05) is 0 Å². The lowest BCUT2D eigenvalue weighted by atomic mass is 10.1. The lowest BCUT2D eigenvalue weighted by Gasteiger charge is -2.30. The van der Waals surface area contributed by atoms with Crippen molar-refractivity contribution in [2.24, 2.45) is 10.9 Å². The van der Waals surface area contributed by atoms with E-state index in [-0.39, 0.29) is 5.11 Å². The summed E-state index contributed by atoms with van der Waals surface area (Å²) in [4.78, 5) is 30.4. The molecular formula is C17H10Cl3N3O2S. The molecule has 0 unspecified atom stereocenters. The summed E-state index contributed by atoms with van der Waals surface area (Å²) in [5, 5.41) is 3.78. The zero-order chi connectivity index (χ0) is 18.8. The van der Waals surface area contributed by atoms with Gasteiger partial charge in [-0.3, -0.25) is 19.5 Å². The third-order valence-electron chi connectivity index (χ3n) is 3.56. The smallest absolute Gasteiger partial charge is 0.251 e. The van der Waals surface area contributed by atoms with Crippen LogP contribution in [0.15, 0.2) is 47.5 Å². The SMILES string of the molecule is O=C1NC(=S)N(c2ccc(Cl)cc2)C(=O)[C@H]1C=Nc1ccc(Cl)cc1Cl. The summed E-state index contributed by atoms with van der Waals surface area (Å²) in [5.74, 6) is -2.22. The van der Waals surface area contributed by atoms with Crippen LogP contribution in [-0.2, 0) is 9.59 Å². The first-order valence-electron chi connectivity index (χ1n) is 7.30. The molecule has 0 aromatic heterocycles. The molecule has 0 radical (unpaired) electrons. The van der Waals surface area contributed by atoms with E-state index >= 15 is 0 Å². The summed E-state index contributed by atoms with van der Waals surface area (Å²) in [7, 11) is 0. The van der Waals surface area contributed by atoms with Crippen LogP contribution < -0.4 is 10.2 Å². The van der Waals surface area contributed by atoms with Gasteiger partial charge in [-0.05, 0) is 54.7 Å². The number of nitrogens with zero attached hydrogens (tertiary/aromatic N) is 2. The number of rotatable bonds is 3. The molecule has 1 heterocycles. The van der Waals surface area contributed by atoms with Crippen molar-refractivity contribution in [1.29, 1.82) is 0 Å². The predicted molar refractivity (Wildman–Crippen MR) is 108 cm³/mol. The Kier molecular flexibility index (Phi) is 5.58. The van der Waals surface area contributed by atoms with Crippen LogP contribution in [0.4, 0.5) is 11.4 Å². The summed E-state index contributed by atoms with van der Waals surface area (Å²) >= 11 is 22.9. The lowest BCUT2D eigenvalue weighted by molar-refractivity contribution is -0.130. The summed E-state index contributed by atoms with van der Waals surface area (Å²) in [6.45, 7) is 0. The van der Waals surface area contributed by atoms with Gasteiger partial charge in [-0.1, -0.05) is 34.8 Å². The van der Waals surface area contributed by atoms with Crippen molar-refractivity contribution in [2.45, 2.75) is 0 Å². The number of aliphatic imine (C=N–C) groups is 1. The molecule has 0 saturated carbocycles. The molecule has 1 fully saturated rings. The van der Waals surface area contributed by atoms with Gasteiger partial charge in [-0.15, -0.1) is 0 Å². The van der Waals surface area contributed by atoms with Gasteiger partial charge in [-0.2, -0.15) is 0 Å². The Bertz CT molecular complexity index is 931. The average molecular weight is 427 g/mol. The third-order valence-corrected chi connectivity index (χ3v) is 4.63. The fraction of sp³-hybridized carbons (Fsp3) is 0.0588. The van der Waals surface area contributed by atoms with E-state index in [1.165, 1.54) is 17.2 Å². The largest absolute Gasteiger partial charge is 0.301 e. The topological polar surface area (TPSA) is 61.8 Å². The van der Waals surface area contributed by atoms with E-state index in [4.69, 9.17) is 47.0 Å². The van der Waals surface area contributed by atoms with Crippen molar-refractivity contribution >= 4 is 81.5 Å². The highest BCUT2D eigenvalue weighted by molar-refractivity contribution is 7.80. The maximum Gasteiger partial charge on any atom is 0.251 e. The fourth-order valence-electron chi connectivity index (χ4n) is 2.30. The maximum atomic E-state index is 12.8. The zero-order valence-corrected chi connectivity index (χ0v) is 16.0. The Labute approximate surface area is 169 Å². The number of hydrogen-bond donors (Lipinski definition) is 1. The van der Waals surface area contributed by atoms with Crippen LogP contribution >= 0.6 is 47.0 Å². The van der Waals surface area contributed by atoms with Crippen LogP contribution in [0.3, 0.4) is 0 Å². The van der Waals surface area contributed by atoms with Gasteiger partial charge in [0, 0.05) is 16.3 Å². The van der Waals surface area contributed by atoms with Crippen LogP contribution in [0.1, 0.15) is 0 Å². The van der Waals surface area contributed by atoms with Gasteiger partial charge in [0.1, 0.15) is 0 Å². The molecule has 132 valence electrons. The molecule has 0 spiro atoms. The number of carbonyl (C=O) groups excluding carboxylic acids is 2. The van der Waals surface area contributed by atoms with E-state index < -0.39 is 17.7 Å². The van der Waals surface area contributed by atoms with Crippen LogP contribution in [0, 0.1) is 5.92 Å². The minimum Gasteiger partial charge on any atom is -0.301 e. The van der Waals surface area contributed by atoms with E-state index in [2.05, 4.69) is 10.3 Å². The highest BCUT2D eigenvalue weighted by atomic mass is 35.5. The minimum absolute atomic E-state index is 0.00324. The molecule has 1 atom stereocenters. The molecule has 2 aromatic carbocycles. The number of nitrogens with one attached hydrogen (secondary N) is 1.